The van der Waals surface area contributed by atoms with E-state index in [1.807, 2.05) is 0 Å². The summed E-state index contributed by atoms with van der Waals surface area (Å²) in [4.78, 5) is 0. The second-order valence-electron chi connectivity index (χ2n) is 2.02. The second kappa shape index (κ2) is 2.44. The summed E-state index contributed by atoms with van der Waals surface area (Å²) < 4.78 is 4.31. The van der Waals surface area contributed by atoms with E-state index in [2.05, 4.69) is 4.74 Å². The van der Waals surface area contributed by atoms with E-state index in [4.69, 9.17) is 10.2 Å². The van der Waals surface area contributed by atoms with E-state index in [-0.39, 0.29) is 5.92 Å². The first kappa shape index (κ1) is 7.88. The van der Waals surface area contributed by atoms with Crippen molar-refractivity contribution < 1.29 is 14.9 Å². The zero-order valence-corrected chi connectivity index (χ0v) is 5.38. The van der Waals surface area contributed by atoms with Crippen LogP contribution in [-0.4, -0.2) is 23.3 Å². The van der Waals surface area contributed by atoms with Crippen LogP contribution in [0.5, 0.6) is 0 Å². The Labute approximate surface area is 48.9 Å². The van der Waals surface area contributed by atoms with Crippen LogP contribution < -0.4 is 0 Å². The molecule has 50 valence electrons. The largest absolute Gasteiger partial charge is 0.343 e. The summed E-state index contributed by atoms with van der Waals surface area (Å²) in [5.41, 5.74) is 0. The van der Waals surface area contributed by atoms with Gasteiger partial charge in [-0.15, -0.1) is 0 Å². The van der Waals surface area contributed by atoms with E-state index >= 15 is 0 Å². The quantitative estimate of drug-likeness (QED) is 0.398. The number of hydrogen-bond acceptors (Lipinski definition) is 3. The molecule has 0 aliphatic rings. The van der Waals surface area contributed by atoms with Crippen molar-refractivity contribution in [2.45, 2.75) is 19.8 Å². The van der Waals surface area contributed by atoms with Crippen LogP contribution in [0.2, 0.25) is 0 Å². The van der Waals surface area contributed by atoms with E-state index < -0.39 is 5.97 Å². The summed E-state index contributed by atoms with van der Waals surface area (Å²) >= 11 is 0. The SMILES string of the molecule is COC(O)([18OH])C(C)C. The summed E-state index contributed by atoms with van der Waals surface area (Å²) in [5.74, 6) is -2.26. The van der Waals surface area contributed by atoms with Gasteiger partial charge in [0.1, 0.15) is 0 Å². The molecule has 0 fully saturated rings. The highest BCUT2D eigenvalue weighted by Gasteiger charge is 2.26. The highest BCUT2D eigenvalue weighted by atomic mass is 18.2. The monoisotopic (exact) mass is 122 g/mol. The molecule has 0 heterocycles. The predicted octanol–water partition coefficient (Wildman–Crippen LogP) is -0.0728. The van der Waals surface area contributed by atoms with E-state index in [1.165, 1.54) is 7.11 Å². The van der Waals surface area contributed by atoms with E-state index in [0.29, 0.717) is 0 Å². The fraction of sp³-hybridized carbons (Fsp3) is 1.00. The number of aliphatic hydroxyl groups is 2. The Morgan fingerprint density at radius 3 is 2.00 bits per heavy atom. The van der Waals surface area contributed by atoms with Crippen molar-refractivity contribution in [2.75, 3.05) is 7.11 Å². The summed E-state index contributed by atoms with van der Waals surface area (Å²) in [5, 5.41) is 17.5. The third-order valence-electron chi connectivity index (χ3n) is 1.05. The van der Waals surface area contributed by atoms with Gasteiger partial charge in [-0.05, 0) is 0 Å². The molecule has 0 spiro atoms. The van der Waals surface area contributed by atoms with Gasteiger partial charge < -0.3 is 14.9 Å². The zero-order valence-electron chi connectivity index (χ0n) is 5.38. The highest BCUT2D eigenvalue weighted by Crippen LogP contribution is 2.12. The summed E-state index contributed by atoms with van der Waals surface area (Å²) in [6.45, 7) is 3.31. The van der Waals surface area contributed by atoms with Crippen LogP contribution in [0.4, 0.5) is 0 Å². The molecule has 0 aromatic heterocycles. The minimum Gasteiger partial charge on any atom is -0.343 e. The highest BCUT2D eigenvalue weighted by molar-refractivity contribution is 4.53. The Morgan fingerprint density at radius 1 is 1.62 bits per heavy atom. The van der Waals surface area contributed by atoms with Gasteiger partial charge in [-0.3, -0.25) is 0 Å². The maximum absolute atomic E-state index is 8.73. The molecule has 0 bridgehead atoms. The normalized spacial score (nSPS) is 18.8. The van der Waals surface area contributed by atoms with Crippen molar-refractivity contribution in [1.29, 1.82) is 0 Å². The van der Waals surface area contributed by atoms with E-state index in [1.54, 1.807) is 13.8 Å². The van der Waals surface area contributed by atoms with E-state index in [9.17, 15) is 0 Å². The molecule has 0 aliphatic heterocycles. The van der Waals surface area contributed by atoms with Gasteiger partial charge in [-0.25, -0.2) is 0 Å². The predicted molar refractivity (Wildman–Crippen MR) is 29.0 cm³/mol. The molecule has 0 saturated heterocycles. The van der Waals surface area contributed by atoms with Crippen LogP contribution >= 0.6 is 0 Å². The molecule has 3 nitrogen and oxygen atoms in total. The summed E-state index contributed by atoms with van der Waals surface area (Å²) in [6.07, 6.45) is 0. The van der Waals surface area contributed by atoms with Crippen molar-refractivity contribution in [3.8, 4) is 0 Å². The Kier molecular flexibility index (Phi) is 2.40. The lowest BCUT2D eigenvalue weighted by molar-refractivity contribution is -0.349. The van der Waals surface area contributed by atoms with Crippen molar-refractivity contribution in [2.24, 2.45) is 5.92 Å². The van der Waals surface area contributed by atoms with Crippen molar-refractivity contribution >= 4 is 0 Å². The molecule has 0 aliphatic carbocycles. The third kappa shape index (κ3) is 1.78. The Balaban J connectivity index is 3.71. The lowest BCUT2D eigenvalue weighted by atomic mass is 10.2. The maximum Gasteiger partial charge on any atom is 0.279 e. The first-order chi connectivity index (χ1) is 3.50. The molecular weight excluding hydrogens is 110 g/mol. The van der Waals surface area contributed by atoms with Gasteiger partial charge >= 0.3 is 0 Å². The lowest BCUT2D eigenvalue weighted by Crippen LogP contribution is -2.36. The summed E-state index contributed by atoms with van der Waals surface area (Å²) in [7, 11) is 1.25. The first-order valence-corrected chi connectivity index (χ1v) is 2.50. The average molecular weight is 122 g/mol. The lowest BCUT2D eigenvalue weighted by Gasteiger charge is -2.22. The van der Waals surface area contributed by atoms with Crippen molar-refractivity contribution in [3.05, 3.63) is 0 Å². The molecule has 0 amide bonds. The zero-order chi connectivity index (χ0) is 6.78. The Bertz CT molecular complexity index is 68.1. The van der Waals surface area contributed by atoms with Gasteiger partial charge in [0.05, 0.1) is 0 Å². The molecule has 2 N–H and O–H groups in total. The van der Waals surface area contributed by atoms with Gasteiger partial charge in [0, 0.05) is 13.0 Å². The fourth-order valence-corrected chi connectivity index (χ4v) is 0.236. The van der Waals surface area contributed by atoms with Crippen LogP contribution in [0.25, 0.3) is 0 Å². The Morgan fingerprint density at radius 2 is 2.00 bits per heavy atom. The van der Waals surface area contributed by atoms with Crippen LogP contribution in [0, 0.1) is 5.92 Å². The topological polar surface area (TPSA) is 49.7 Å². The number of methoxy groups -OCH3 is 1. The fourth-order valence-electron chi connectivity index (χ4n) is 0.236. The van der Waals surface area contributed by atoms with E-state index in [0.717, 1.165) is 0 Å². The molecule has 0 saturated carbocycles. The minimum absolute atomic E-state index is 0.299. The average Bonchev–Trinajstić information content (AvgIpc) is 1.67. The number of hydrogen-bond donors (Lipinski definition) is 2. The van der Waals surface area contributed by atoms with Crippen LogP contribution in [-0.2, 0) is 4.74 Å². The van der Waals surface area contributed by atoms with Crippen LogP contribution in [0.15, 0.2) is 0 Å². The number of ether oxygens (including phenoxy) is 1. The second-order valence-corrected chi connectivity index (χ2v) is 2.02. The maximum atomic E-state index is 8.73. The third-order valence-corrected chi connectivity index (χ3v) is 1.05. The Hall–Kier alpha value is -0.120. The molecule has 0 radical (unpaired) electrons. The minimum atomic E-state index is -1.96. The van der Waals surface area contributed by atoms with Crippen LogP contribution in [0.3, 0.4) is 0 Å². The summed E-state index contributed by atoms with van der Waals surface area (Å²) in [6, 6.07) is 0. The van der Waals surface area contributed by atoms with Gasteiger partial charge in [-0.1, -0.05) is 13.8 Å². The first-order valence-electron chi connectivity index (χ1n) is 2.50. The van der Waals surface area contributed by atoms with Crippen LogP contribution in [0.1, 0.15) is 13.8 Å². The van der Waals surface area contributed by atoms with Gasteiger partial charge in [0.15, 0.2) is 0 Å². The van der Waals surface area contributed by atoms with Gasteiger partial charge in [-0.2, -0.15) is 0 Å². The van der Waals surface area contributed by atoms with Gasteiger partial charge in [0.2, 0.25) is 0 Å². The number of rotatable bonds is 2. The molecule has 0 rings (SSSR count). The molecular formula is C5H12O3. The molecule has 1 unspecified atom stereocenters. The molecule has 8 heavy (non-hydrogen) atoms. The van der Waals surface area contributed by atoms with Crippen molar-refractivity contribution in [1.82, 2.24) is 0 Å². The standard InChI is InChI=1S/C5H12O3/c1-4(2)5(6,7)8-3/h4,6-7H,1-3H3/i6+2. The molecule has 1 atom stereocenters. The van der Waals surface area contributed by atoms with Crippen molar-refractivity contribution in [3.63, 3.8) is 0 Å². The molecule has 0 aromatic carbocycles. The molecule has 0 aromatic rings. The smallest absolute Gasteiger partial charge is 0.279 e. The molecule has 3 heteroatoms. The van der Waals surface area contributed by atoms with Gasteiger partial charge in [0.25, 0.3) is 5.97 Å².